The Kier molecular flexibility index (Phi) is 6.13. The summed E-state index contributed by atoms with van der Waals surface area (Å²) in [5.41, 5.74) is 3.54. The number of hydrogen-bond acceptors (Lipinski definition) is 8. The van der Waals surface area contributed by atoms with Gasteiger partial charge in [-0.1, -0.05) is 18.2 Å². The molecule has 6 nitrogen and oxygen atoms in total. The van der Waals surface area contributed by atoms with Gasteiger partial charge in [0.15, 0.2) is 6.61 Å². The van der Waals surface area contributed by atoms with Crippen LogP contribution >= 0.6 is 35.3 Å². The van der Waals surface area contributed by atoms with Crippen LogP contribution in [0, 0.1) is 0 Å². The molecule has 1 aliphatic heterocycles. The van der Waals surface area contributed by atoms with Crippen LogP contribution in [0.3, 0.4) is 0 Å². The molecule has 2 heterocycles. The van der Waals surface area contributed by atoms with Crippen LogP contribution in [0.1, 0.15) is 26.9 Å². The lowest BCUT2D eigenvalue weighted by atomic mass is 10.1. The second-order valence-corrected chi connectivity index (χ2v) is 9.36. The molecule has 0 atom stereocenters. The molecule has 0 aliphatic carbocycles. The lowest BCUT2D eigenvalue weighted by molar-refractivity contribution is -0.119. The number of anilines is 1. The quantitative estimate of drug-likeness (QED) is 0.601. The molecule has 144 valence electrons. The predicted octanol–water partition coefficient (Wildman–Crippen LogP) is 4.36. The van der Waals surface area contributed by atoms with Gasteiger partial charge in [-0.15, -0.1) is 23.5 Å². The predicted molar refractivity (Wildman–Crippen MR) is 115 cm³/mol. The van der Waals surface area contributed by atoms with Crippen LogP contribution in [0.15, 0.2) is 42.5 Å². The SMILES string of the molecule is O=C(COC(=O)c1ccc(C2SCCCS2)cc1)Nc1cccc2nsnc12. The zero-order valence-corrected chi connectivity index (χ0v) is 17.2. The van der Waals surface area contributed by atoms with E-state index in [4.69, 9.17) is 4.74 Å². The van der Waals surface area contributed by atoms with E-state index < -0.39 is 11.9 Å². The van der Waals surface area contributed by atoms with E-state index in [0.717, 1.165) is 11.7 Å². The highest BCUT2D eigenvalue weighted by atomic mass is 32.2. The molecule has 9 heteroatoms. The van der Waals surface area contributed by atoms with Gasteiger partial charge < -0.3 is 10.1 Å². The Labute approximate surface area is 174 Å². The highest BCUT2D eigenvalue weighted by Gasteiger charge is 2.18. The van der Waals surface area contributed by atoms with E-state index >= 15 is 0 Å². The number of fused-ring (bicyclic) bond motifs is 1. The summed E-state index contributed by atoms with van der Waals surface area (Å²) < 4.78 is 13.9. The van der Waals surface area contributed by atoms with E-state index in [1.165, 1.54) is 23.5 Å². The number of thioether (sulfide) groups is 2. The van der Waals surface area contributed by atoms with E-state index in [2.05, 4.69) is 14.1 Å². The monoisotopic (exact) mass is 431 g/mol. The van der Waals surface area contributed by atoms with Crippen molar-refractivity contribution >= 4 is 63.8 Å². The topological polar surface area (TPSA) is 81.2 Å². The zero-order valence-electron chi connectivity index (χ0n) is 14.8. The lowest BCUT2D eigenvalue weighted by Crippen LogP contribution is -2.21. The van der Waals surface area contributed by atoms with Crippen LogP contribution in [0.5, 0.6) is 0 Å². The smallest absolute Gasteiger partial charge is 0.338 e. The largest absolute Gasteiger partial charge is 0.452 e. The normalized spacial score (nSPS) is 14.7. The molecule has 1 amide bonds. The van der Waals surface area contributed by atoms with Gasteiger partial charge in [0.25, 0.3) is 5.91 Å². The molecule has 1 aliphatic rings. The van der Waals surface area contributed by atoms with Crippen molar-refractivity contribution < 1.29 is 14.3 Å². The third-order valence-corrected chi connectivity index (χ3v) is 7.70. The maximum atomic E-state index is 12.2. The molecule has 3 aromatic rings. The number of aromatic nitrogens is 2. The van der Waals surface area contributed by atoms with E-state index in [1.807, 2.05) is 41.7 Å². The van der Waals surface area contributed by atoms with Gasteiger partial charge in [-0.3, -0.25) is 4.79 Å². The molecule has 0 saturated carbocycles. The minimum Gasteiger partial charge on any atom is -0.452 e. The molecule has 0 spiro atoms. The second kappa shape index (κ2) is 8.93. The lowest BCUT2D eigenvalue weighted by Gasteiger charge is -2.21. The molecule has 1 N–H and O–H groups in total. The van der Waals surface area contributed by atoms with Gasteiger partial charge in [0.05, 0.1) is 27.6 Å². The summed E-state index contributed by atoms with van der Waals surface area (Å²) in [5.74, 6) is 1.40. The van der Waals surface area contributed by atoms with Crippen molar-refractivity contribution in [1.29, 1.82) is 0 Å². The molecular formula is C19H17N3O3S3. The number of nitrogens with zero attached hydrogens (tertiary/aromatic N) is 2. The van der Waals surface area contributed by atoms with Crippen LogP contribution in [0.4, 0.5) is 5.69 Å². The van der Waals surface area contributed by atoms with Crippen molar-refractivity contribution in [3.8, 4) is 0 Å². The van der Waals surface area contributed by atoms with Gasteiger partial charge in [-0.05, 0) is 47.8 Å². The number of carbonyl (C=O) groups excluding carboxylic acids is 2. The summed E-state index contributed by atoms with van der Waals surface area (Å²) in [5, 5.41) is 2.71. The molecule has 1 fully saturated rings. The summed E-state index contributed by atoms with van der Waals surface area (Å²) in [6, 6.07) is 12.8. The Morgan fingerprint density at radius 1 is 1.07 bits per heavy atom. The number of carbonyl (C=O) groups is 2. The van der Waals surface area contributed by atoms with Gasteiger partial charge >= 0.3 is 5.97 Å². The molecule has 28 heavy (non-hydrogen) atoms. The van der Waals surface area contributed by atoms with Crippen molar-refractivity contribution in [2.75, 3.05) is 23.4 Å². The number of nitrogens with one attached hydrogen (secondary N) is 1. The third kappa shape index (κ3) is 4.48. The number of rotatable bonds is 5. The third-order valence-electron chi connectivity index (χ3n) is 4.14. The Bertz CT molecular complexity index is 985. The Morgan fingerprint density at radius 3 is 2.64 bits per heavy atom. The van der Waals surface area contributed by atoms with Crippen LogP contribution < -0.4 is 5.32 Å². The average Bonchev–Trinajstić information content (AvgIpc) is 3.23. The molecule has 0 unspecified atom stereocenters. The van der Waals surface area contributed by atoms with Crippen LogP contribution in [-0.4, -0.2) is 38.7 Å². The number of amides is 1. The van der Waals surface area contributed by atoms with Crippen molar-refractivity contribution in [3.05, 3.63) is 53.6 Å². The van der Waals surface area contributed by atoms with E-state index in [1.54, 1.807) is 24.3 Å². The van der Waals surface area contributed by atoms with Crippen LogP contribution in [0.25, 0.3) is 11.0 Å². The van der Waals surface area contributed by atoms with E-state index in [9.17, 15) is 9.59 Å². The van der Waals surface area contributed by atoms with E-state index in [0.29, 0.717) is 26.9 Å². The van der Waals surface area contributed by atoms with Crippen molar-refractivity contribution in [3.63, 3.8) is 0 Å². The Hall–Kier alpha value is -2.10. The summed E-state index contributed by atoms with van der Waals surface area (Å²) in [4.78, 5) is 24.4. The first kappa shape index (κ1) is 19.2. The Balaban J connectivity index is 1.32. The fourth-order valence-corrected chi connectivity index (χ4v) is 6.21. The summed E-state index contributed by atoms with van der Waals surface area (Å²) in [7, 11) is 0. The number of esters is 1. The Morgan fingerprint density at radius 2 is 1.86 bits per heavy atom. The summed E-state index contributed by atoms with van der Waals surface area (Å²) in [6.45, 7) is -0.358. The zero-order chi connectivity index (χ0) is 19.3. The molecule has 4 rings (SSSR count). The van der Waals surface area contributed by atoms with Gasteiger partial charge in [-0.2, -0.15) is 8.75 Å². The molecule has 0 bridgehead atoms. The summed E-state index contributed by atoms with van der Waals surface area (Å²) >= 11 is 4.95. The highest BCUT2D eigenvalue weighted by molar-refractivity contribution is 8.16. The van der Waals surface area contributed by atoms with Crippen molar-refractivity contribution in [2.45, 2.75) is 11.0 Å². The van der Waals surface area contributed by atoms with Crippen molar-refractivity contribution in [1.82, 2.24) is 8.75 Å². The summed E-state index contributed by atoms with van der Waals surface area (Å²) in [6.07, 6.45) is 1.24. The molecule has 1 saturated heterocycles. The first-order chi connectivity index (χ1) is 13.7. The van der Waals surface area contributed by atoms with Crippen molar-refractivity contribution in [2.24, 2.45) is 0 Å². The molecule has 1 aromatic heterocycles. The van der Waals surface area contributed by atoms with Gasteiger partial charge in [0.1, 0.15) is 11.0 Å². The fraction of sp³-hybridized carbons (Fsp3) is 0.263. The first-order valence-electron chi connectivity index (χ1n) is 8.72. The number of hydrogen-bond donors (Lipinski definition) is 1. The highest BCUT2D eigenvalue weighted by Crippen LogP contribution is 2.43. The fourth-order valence-electron chi connectivity index (χ4n) is 2.76. The maximum absolute atomic E-state index is 12.2. The van der Waals surface area contributed by atoms with Gasteiger partial charge in [0, 0.05) is 0 Å². The molecular weight excluding hydrogens is 414 g/mol. The second-order valence-electron chi connectivity index (χ2n) is 6.11. The van der Waals surface area contributed by atoms with Gasteiger partial charge in [-0.25, -0.2) is 4.79 Å². The van der Waals surface area contributed by atoms with Gasteiger partial charge in [0.2, 0.25) is 0 Å². The minimum atomic E-state index is -0.515. The molecule has 0 radical (unpaired) electrons. The average molecular weight is 432 g/mol. The minimum absolute atomic E-state index is 0.358. The van der Waals surface area contributed by atoms with Crippen LogP contribution in [0.2, 0.25) is 0 Å². The molecule has 2 aromatic carbocycles. The maximum Gasteiger partial charge on any atom is 0.338 e. The number of benzene rings is 2. The van der Waals surface area contributed by atoms with E-state index in [-0.39, 0.29) is 6.61 Å². The van der Waals surface area contributed by atoms with Crippen LogP contribution in [-0.2, 0) is 9.53 Å². The standard InChI is InChI=1S/C19H17N3O3S3/c23-16(20-14-3-1-4-15-17(14)22-28-21-15)11-25-18(24)12-5-7-13(8-6-12)19-26-9-2-10-27-19/h1,3-8,19H,2,9-11H2,(H,20,23). The number of ether oxygens (including phenoxy) is 1. The first-order valence-corrected chi connectivity index (χ1v) is 11.5.